The highest BCUT2D eigenvalue weighted by Crippen LogP contribution is 2.39. The number of aliphatic hydroxyl groups is 2. The zero-order valence-electron chi connectivity index (χ0n) is 17.7. The number of aliphatic hydroxyl groups excluding tert-OH is 2. The van der Waals surface area contributed by atoms with Gasteiger partial charge in [0.2, 0.25) is 0 Å². The van der Waals surface area contributed by atoms with Gasteiger partial charge < -0.3 is 30.1 Å². The summed E-state index contributed by atoms with van der Waals surface area (Å²) in [7, 11) is 2.15. The van der Waals surface area contributed by atoms with Gasteiger partial charge in [0.1, 0.15) is 11.4 Å². The summed E-state index contributed by atoms with van der Waals surface area (Å²) in [5.41, 5.74) is 4.19. The molecular weight excluding hydrogens is 496 g/mol. The minimum Gasteiger partial charge on any atom is -0.479 e. The molecule has 0 fully saturated rings. The quantitative estimate of drug-likeness (QED) is 0.484. The van der Waals surface area contributed by atoms with Gasteiger partial charge in [0.15, 0.2) is 18.0 Å². The number of nitrogens with zero attached hydrogens (tertiary/aromatic N) is 2. The average molecular weight is 519 g/mol. The van der Waals surface area contributed by atoms with Crippen molar-refractivity contribution in [3.63, 3.8) is 0 Å². The third-order valence-electron chi connectivity index (χ3n) is 4.97. The van der Waals surface area contributed by atoms with Crippen LogP contribution in [0.1, 0.15) is 12.0 Å². The second kappa shape index (κ2) is 10.7. The monoisotopic (exact) mass is 518 g/mol. The van der Waals surface area contributed by atoms with Gasteiger partial charge in [-0.15, -0.1) is 0 Å². The average Bonchev–Trinajstić information content (AvgIpc) is 2.95. The van der Waals surface area contributed by atoms with Gasteiger partial charge in [-0.25, -0.2) is 14.6 Å². The van der Waals surface area contributed by atoms with Crippen molar-refractivity contribution in [1.82, 2.24) is 4.90 Å². The Morgan fingerprint density at radius 3 is 2.36 bits per heavy atom. The number of benzene rings is 2. The van der Waals surface area contributed by atoms with Gasteiger partial charge in [0.25, 0.3) is 0 Å². The standard InChI is InChI=1S/C19H17BrN2O.C4H6O6/c1-22-10-4-5-13(12-22)19-15-11-14(20)8-9-17(15)23-18-7-3-2-6-16(18)21-19;5-1(3(7)8)2(6)4(9)10/h2-3,5-9,11H,4,10,12H2,1H3;1-2,5-6H,(H,7,8)(H,9,10). The van der Waals surface area contributed by atoms with Crippen molar-refractivity contribution < 1.29 is 34.8 Å². The van der Waals surface area contributed by atoms with E-state index in [1.54, 1.807) is 0 Å². The number of fused-ring (bicyclic) bond motifs is 2. The molecule has 2 aromatic rings. The first-order valence-corrected chi connectivity index (χ1v) is 10.8. The van der Waals surface area contributed by atoms with Crippen LogP contribution in [0.3, 0.4) is 0 Å². The van der Waals surface area contributed by atoms with Gasteiger partial charge in [-0.1, -0.05) is 34.1 Å². The topological polar surface area (TPSA) is 140 Å². The van der Waals surface area contributed by atoms with E-state index in [0.29, 0.717) is 0 Å². The number of hydrogen-bond acceptors (Lipinski definition) is 7. The Bertz CT molecular complexity index is 1100. The van der Waals surface area contributed by atoms with E-state index in [4.69, 9.17) is 30.2 Å². The van der Waals surface area contributed by atoms with Crippen molar-refractivity contribution in [2.45, 2.75) is 18.6 Å². The molecule has 2 atom stereocenters. The highest BCUT2D eigenvalue weighted by molar-refractivity contribution is 9.10. The van der Waals surface area contributed by atoms with Crippen molar-refractivity contribution in [1.29, 1.82) is 0 Å². The molecule has 33 heavy (non-hydrogen) atoms. The summed E-state index contributed by atoms with van der Waals surface area (Å²) < 4.78 is 7.16. The van der Waals surface area contributed by atoms with Crippen LogP contribution in [-0.2, 0) is 9.59 Å². The van der Waals surface area contributed by atoms with E-state index in [-0.39, 0.29) is 0 Å². The van der Waals surface area contributed by atoms with Gasteiger partial charge in [-0.2, -0.15) is 0 Å². The Kier molecular flexibility index (Phi) is 7.98. The predicted molar refractivity (Wildman–Crippen MR) is 124 cm³/mol. The van der Waals surface area contributed by atoms with Gasteiger partial charge >= 0.3 is 11.9 Å². The van der Waals surface area contributed by atoms with Gasteiger partial charge in [-0.3, -0.25) is 0 Å². The number of carboxylic acids is 2. The number of halogens is 1. The van der Waals surface area contributed by atoms with Crippen LogP contribution in [0.5, 0.6) is 11.5 Å². The van der Waals surface area contributed by atoms with Crippen LogP contribution in [0.2, 0.25) is 0 Å². The number of hydrogen-bond donors (Lipinski definition) is 4. The molecule has 0 bridgehead atoms. The molecule has 10 heteroatoms. The second-order valence-electron chi connectivity index (χ2n) is 7.49. The minimum absolute atomic E-state index is 0.802. The summed E-state index contributed by atoms with van der Waals surface area (Å²) in [5.74, 6) is -1.88. The molecule has 0 aliphatic carbocycles. The first kappa shape index (κ1) is 24.6. The number of carbonyl (C=O) groups is 2. The van der Waals surface area contributed by atoms with Crippen LogP contribution in [-0.4, -0.2) is 75.3 Å². The lowest BCUT2D eigenvalue weighted by molar-refractivity contribution is -0.165. The fourth-order valence-corrected chi connectivity index (χ4v) is 3.65. The van der Waals surface area contributed by atoms with Crippen molar-refractivity contribution in [2.24, 2.45) is 4.99 Å². The molecule has 0 saturated heterocycles. The molecule has 2 heterocycles. The van der Waals surface area contributed by atoms with Crippen LogP contribution >= 0.6 is 15.9 Å². The molecule has 2 aliphatic rings. The zero-order chi connectivity index (χ0) is 24.1. The van der Waals surface area contributed by atoms with Crippen molar-refractivity contribution in [3.8, 4) is 11.5 Å². The molecule has 4 rings (SSSR count). The van der Waals surface area contributed by atoms with E-state index in [0.717, 1.165) is 52.4 Å². The minimum atomic E-state index is -2.27. The molecule has 9 nitrogen and oxygen atoms in total. The lowest BCUT2D eigenvalue weighted by atomic mass is 9.98. The van der Waals surface area contributed by atoms with E-state index in [9.17, 15) is 9.59 Å². The van der Waals surface area contributed by atoms with Crippen LogP contribution in [0.15, 0.2) is 63.6 Å². The molecule has 2 unspecified atom stereocenters. The molecular formula is C23H23BrN2O7. The lowest BCUT2D eigenvalue weighted by Gasteiger charge is -2.24. The highest BCUT2D eigenvalue weighted by atomic mass is 79.9. The van der Waals surface area contributed by atoms with Crippen LogP contribution in [0.4, 0.5) is 5.69 Å². The number of carboxylic acid groups (broad SMARTS) is 2. The summed E-state index contributed by atoms with van der Waals surface area (Å²) in [4.78, 5) is 26.8. The Morgan fingerprint density at radius 2 is 1.73 bits per heavy atom. The summed E-state index contributed by atoms with van der Waals surface area (Å²) in [6, 6.07) is 14.0. The lowest BCUT2D eigenvalue weighted by Crippen LogP contribution is -2.39. The van der Waals surface area contributed by atoms with Gasteiger partial charge in [-0.05, 0) is 49.4 Å². The maximum atomic E-state index is 9.77. The maximum Gasteiger partial charge on any atom is 0.335 e. The van der Waals surface area contributed by atoms with E-state index >= 15 is 0 Å². The number of para-hydroxylation sites is 2. The smallest absolute Gasteiger partial charge is 0.335 e. The van der Waals surface area contributed by atoms with E-state index in [1.165, 1.54) is 5.57 Å². The third kappa shape index (κ3) is 6.05. The highest BCUT2D eigenvalue weighted by Gasteiger charge is 2.29. The molecule has 4 N–H and O–H groups in total. The molecule has 0 amide bonds. The molecule has 0 aromatic heterocycles. The van der Waals surface area contributed by atoms with E-state index in [1.807, 2.05) is 36.4 Å². The Hall–Kier alpha value is -3.05. The van der Waals surface area contributed by atoms with Crippen LogP contribution in [0.25, 0.3) is 0 Å². The molecule has 0 saturated carbocycles. The Morgan fingerprint density at radius 1 is 1.06 bits per heavy atom. The first-order chi connectivity index (χ1) is 15.7. The first-order valence-electron chi connectivity index (χ1n) is 10.0. The van der Waals surface area contributed by atoms with E-state index < -0.39 is 24.1 Å². The Balaban J connectivity index is 0.000000262. The second-order valence-corrected chi connectivity index (χ2v) is 8.41. The number of aliphatic imine (C=N–C) groups is 1. The molecule has 174 valence electrons. The summed E-state index contributed by atoms with van der Waals surface area (Å²) in [6.07, 6.45) is -1.18. The van der Waals surface area contributed by atoms with E-state index in [2.05, 4.69) is 40.0 Å². The van der Waals surface area contributed by atoms with Crippen molar-refractivity contribution >= 4 is 39.3 Å². The van der Waals surface area contributed by atoms with Gasteiger partial charge in [0.05, 0.1) is 5.71 Å². The van der Waals surface area contributed by atoms with Crippen LogP contribution in [0, 0.1) is 0 Å². The summed E-state index contributed by atoms with van der Waals surface area (Å²) in [6.45, 7) is 2.00. The number of aliphatic carboxylic acids is 2. The zero-order valence-corrected chi connectivity index (χ0v) is 19.3. The number of ether oxygens (including phenoxy) is 1. The largest absolute Gasteiger partial charge is 0.479 e. The van der Waals surface area contributed by atoms with Gasteiger partial charge in [0, 0.05) is 23.1 Å². The number of rotatable bonds is 4. The SMILES string of the molecule is CN1CCC=C(C2=Nc3ccccc3Oc3ccc(Br)cc32)C1.O=C(O)C(O)C(O)C(=O)O. The Labute approximate surface area is 198 Å². The van der Waals surface area contributed by atoms with Crippen molar-refractivity contribution in [2.75, 3.05) is 20.1 Å². The normalized spacial score (nSPS) is 16.8. The molecule has 0 radical (unpaired) electrons. The van der Waals surface area contributed by atoms with Crippen LogP contribution < -0.4 is 4.74 Å². The molecule has 0 spiro atoms. The third-order valence-corrected chi connectivity index (χ3v) is 5.46. The summed E-state index contributed by atoms with van der Waals surface area (Å²) >= 11 is 3.57. The predicted octanol–water partition coefficient (Wildman–Crippen LogP) is 2.81. The molecule has 2 aromatic carbocycles. The molecule has 2 aliphatic heterocycles. The summed E-state index contributed by atoms with van der Waals surface area (Å²) in [5, 5.41) is 32.5. The maximum absolute atomic E-state index is 9.77. The fraction of sp³-hybridized carbons (Fsp3) is 0.261. The number of likely N-dealkylation sites (N-methyl/N-ethyl adjacent to an activating group) is 1. The fourth-order valence-electron chi connectivity index (χ4n) is 3.29. The van der Waals surface area contributed by atoms with Crippen molar-refractivity contribution in [3.05, 3.63) is 64.1 Å².